The Morgan fingerprint density at radius 2 is 2.23 bits per heavy atom. The predicted molar refractivity (Wildman–Crippen MR) is 82.7 cm³/mol. The maximum absolute atomic E-state index is 12.7. The van der Waals surface area contributed by atoms with Gasteiger partial charge in [-0.15, -0.1) is 0 Å². The Bertz CT molecular complexity index is 835. The normalized spacial score (nSPS) is 16.4. The number of hydrogen-bond acceptors (Lipinski definition) is 3. The molecule has 0 bridgehead atoms. The Hall–Kier alpha value is -2.34. The fourth-order valence-electron chi connectivity index (χ4n) is 2.96. The molecule has 2 aromatic heterocycles. The van der Waals surface area contributed by atoms with Gasteiger partial charge in [-0.2, -0.15) is 5.10 Å². The molecule has 0 radical (unpaired) electrons. The monoisotopic (exact) mass is 315 g/mol. The van der Waals surface area contributed by atoms with Gasteiger partial charge in [-0.3, -0.25) is 9.89 Å². The van der Waals surface area contributed by atoms with Crippen LogP contribution in [0.15, 0.2) is 30.7 Å². The van der Waals surface area contributed by atoms with Gasteiger partial charge >= 0.3 is 0 Å². The molecule has 1 saturated carbocycles. The van der Waals surface area contributed by atoms with Crippen molar-refractivity contribution < 1.29 is 4.79 Å². The van der Waals surface area contributed by atoms with Crippen LogP contribution in [0.5, 0.6) is 0 Å². The predicted octanol–water partition coefficient (Wildman–Crippen LogP) is 2.75. The first-order chi connectivity index (χ1) is 10.7. The van der Waals surface area contributed by atoms with Crippen LogP contribution in [0.25, 0.3) is 10.9 Å². The number of hydrogen-bond donors (Lipinski definition) is 3. The highest BCUT2D eigenvalue weighted by Crippen LogP contribution is 2.39. The van der Waals surface area contributed by atoms with Gasteiger partial charge in [0.1, 0.15) is 12.2 Å². The van der Waals surface area contributed by atoms with E-state index in [1.807, 2.05) is 12.1 Å². The van der Waals surface area contributed by atoms with Crippen LogP contribution in [0.2, 0.25) is 5.02 Å². The third-order valence-electron chi connectivity index (χ3n) is 4.32. The summed E-state index contributed by atoms with van der Waals surface area (Å²) in [7, 11) is 0. The van der Waals surface area contributed by atoms with Crippen LogP contribution in [-0.4, -0.2) is 26.1 Å². The smallest absolute Gasteiger partial charge is 0.254 e. The van der Waals surface area contributed by atoms with Crippen molar-refractivity contribution in [2.75, 3.05) is 0 Å². The highest BCUT2D eigenvalue weighted by atomic mass is 35.5. The molecular formula is C15H14ClN5O. The van der Waals surface area contributed by atoms with Crippen molar-refractivity contribution >= 4 is 28.4 Å². The lowest BCUT2D eigenvalue weighted by molar-refractivity contribution is 0.0811. The average Bonchev–Trinajstić information content (AvgIpc) is 3.11. The van der Waals surface area contributed by atoms with E-state index in [1.54, 1.807) is 12.3 Å². The van der Waals surface area contributed by atoms with Crippen LogP contribution in [-0.2, 0) is 5.54 Å². The summed E-state index contributed by atoms with van der Waals surface area (Å²) in [5.41, 5.74) is 1.03. The minimum atomic E-state index is -0.427. The van der Waals surface area contributed by atoms with E-state index in [-0.39, 0.29) is 5.91 Å². The largest absolute Gasteiger partial charge is 0.360 e. The molecular weight excluding hydrogens is 302 g/mol. The molecule has 4 rings (SSSR count). The molecule has 0 saturated heterocycles. The lowest BCUT2D eigenvalue weighted by atomic mass is 9.76. The Balaban J connectivity index is 1.66. The fraction of sp³-hybridized carbons (Fsp3) is 0.267. The van der Waals surface area contributed by atoms with E-state index in [0.717, 1.165) is 36.0 Å². The molecule has 22 heavy (non-hydrogen) atoms. The quantitative estimate of drug-likeness (QED) is 0.694. The van der Waals surface area contributed by atoms with Gasteiger partial charge < -0.3 is 10.3 Å². The number of aromatic amines is 2. The van der Waals surface area contributed by atoms with E-state index in [9.17, 15) is 4.79 Å². The molecule has 1 aliphatic carbocycles. The molecule has 7 heteroatoms. The van der Waals surface area contributed by atoms with E-state index in [2.05, 4.69) is 25.5 Å². The minimum absolute atomic E-state index is 0.121. The Kier molecular flexibility index (Phi) is 2.94. The number of H-pyrrole nitrogens is 2. The van der Waals surface area contributed by atoms with Gasteiger partial charge in [0.05, 0.1) is 11.1 Å². The Labute approximate surface area is 131 Å². The number of carbonyl (C=O) groups is 1. The molecule has 3 N–H and O–H groups in total. The molecule has 1 aromatic carbocycles. The van der Waals surface area contributed by atoms with Gasteiger partial charge in [0.2, 0.25) is 0 Å². The number of carbonyl (C=O) groups excluding carboxylic acids is 1. The number of amides is 1. The molecule has 0 atom stereocenters. The zero-order valence-electron chi connectivity index (χ0n) is 11.7. The van der Waals surface area contributed by atoms with Crippen LogP contribution in [0.3, 0.4) is 0 Å². The molecule has 6 nitrogen and oxygen atoms in total. The summed E-state index contributed by atoms with van der Waals surface area (Å²) in [6.45, 7) is 0. The number of rotatable bonds is 3. The van der Waals surface area contributed by atoms with Crippen molar-refractivity contribution in [1.82, 2.24) is 25.5 Å². The molecule has 1 aliphatic rings. The maximum Gasteiger partial charge on any atom is 0.254 e. The van der Waals surface area contributed by atoms with Crippen molar-refractivity contribution in [3.8, 4) is 0 Å². The van der Waals surface area contributed by atoms with Crippen molar-refractivity contribution in [3.05, 3.63) is 47.1 Å². The minimum Gasteiger partial charge on any atom is -0.360 e. The second-order valence-corrected chi connectivity index (χ2v) is 6.05. The number of halogens is 1. The van der Waals surface area contributed by atoms with Crippen molar-refractivity contribution in [1.29, 1.82) is 0 Å². The summed E-state index contributed by atoms with van der Waals surface area (Å²) in [6.07, 6.45) is 5.97. The number of fused-ring (bicyclic) bond motifs is 1. The molecule has 1 fully saturated rings. The van der Waals surface area contributed by atoms with E-state index in [0.29, 0.717) is 10.6 Å². The standard InChI is InChI=1S/C15H14ClN5O/c16-9-2-3-10-11(7-17-12(10)6-9)13(22)20-15(4-1-5-15)14-18-8-19-21-14/h2-3,6-8,17H,1,4-5H2,(H,20,22)(H,18,19,21). The van der Waals surface area contributed by atoms with Gasteiger partial charge in [0.15, 0.2) is 0 Å². The second kappa shape index (κ2) is 4.84. The van der Waals surface area contributed by atoms with E-state index in [4.69, 9.17) is 11.6 Å². The van der Waals surface area contributed by atoms with Crippen LogP contribution >= 0.6 is 11.6 Å². The topological polar surface area (TPSA) is 86.5 Å². The molecule has 0 aliphatic heterocycles. The summed E-state index contributed by atoms with van der Waals surface area (Å²) < 4.78 is 0. The number of nitrogens with zero attached hydrogens (tertiary/aromatic N) is 2. The third kappa shape index (κ3) is 1.99. The Morgan fingerprint density at radius 3 is 2.91 bits per heavy atom. The van der Waals surface area contributed by atoms with Crippen molar-refractivity contribution in [2.24, 2.45) is 0 Å². The van der Waals surface area contributed by atoms with Gasteiger partial charge in [0.25, 0.3) is 5.91 Å². The van der Waals surface area contributed by atoms with E-state index in [1.165, 1.54) is 6.33 Å². The highest BCUT2D eigenvalue weighted by Gasteiger charge is 2.43. The first-order valence-corrected chi connectivity index (χ1v) is 7.51. The molecule has 3 aromatic rings. The summed E-state index contributed by atoms with van der Waals surface area (Å²) in [6, 6.07) is 5.44. The molecule has 112 valence electrons. The van der Waals surface area contributed by atoms with Gasteiger partial charge in [-0.1, -0.05) is 17.7 Å². The summed E-state index contributed by atoms with van der Waals surface area (Å²) in [5, 5.41) is 11.4. The second-order valence-electron chi connectivity index (χ2n) is 5.62. The highest BCUT2D eigenvalue weighted by molar-refractivity contribution is 6.31. The van der Waals surface area contributed by atoms with Crippen LogP contribution in [0, 0.1) is 0 Å². The maximum atomic E-state index is 12.7. The van der Waals surface area contributed by atoms with E-state index < -0.39 is 5.54 Å². The zero-order chi connectivity index (χ0) is 15.2. The average molecular weight is 316 g/mol. The molecule has 1 amide bonds. The lowest BCUT2D eigenvalue weighted by Crippen LogP contribution is -2.51. The van der Waals surface area contributed by atoms with Crippen molar-refractivity contribution in [3.63, 3.8) is 0 Å². The first-order valence-electron chi connectivity index (χ1n) is 7.13. The van der Waals surface area contributed by atoms with Crippen molar-refractivity contribution in [2.45, 2.75) is 24.8 Å². The first kappa shape index (κ1) is 13.3. The Morgan fingerprint density at radius 1 is 1.36 bits per heavy atom. The number of nitrogens with one attached hydrogen (secondary N) is 3. The third-order valence-corrected chi connectivity index (χ3v) is 4.55. The number of aromatic nitrogens is 4. The fourth-order valence-corrected chi connectivity index (χ4v) is 3.13. The van der Waals surface area contributed by atoms with Crippen LogP contribution in [0.1, 0.15) is 35.4 Å². The lowest BCUT2D eigenvalue weighted by Gasteiger charge is -2.40. The van der Waals surface area contributed by atoms with E-state index >= 15 is 0 Å². The SMILES string of the molecule is O=C(NC1(c2ncn[nH]2)CCC1)c1c[nH]c2cc(Cl)ccc12. The van der Waals surface area contributed by atoms with Gasteiger partial charge in [-0.25, -0.2) is 4.98 Å². The zero-order valence-corrected chi connectivity index (χ0v) is 12.4. The van der Waals surface area contributed by atoms with Gasteiger partial charge in [0, 0.05) is 22.1 Å². The summed E-state index contributed by atoms with van der Waals surface area (Å²) in [4.78, 5) is 20.0. The molecule has 0 spiro atoms. The number of benzene rings is 1. The summed E-state index contributed by atoms with van der Waals surface area (Å²) >= 11 is 5.97. The summed E-state index contributed by atoms with van der Waals surface area (Å²) in [5.74, 6) is 0.597. The van der Waals surface area contributed by atoms with Crippen LogP contribution in [0.4, 0.5) is 0 Å². The molecule has 2 heterocycles. The van der Waals surface area contributed by atoms with Crippen LogP contribution < -0.4 is 5.32 Å². The molecule has 0 unspecified atom stereocenters. The van der Waals surface area contributed by atoms with Gasteiger partial charge in [-0.05, 0) is 31.4 Å².